The summed E-state index contributed by atoms with van der Waals surface area (Å²) in [5.74, 6) is 5.18. The van der Waals surface area contributed by atoms with Crippen LogP contribution in [0.25, 0.3) is 0 Å². The number of rotatable bonds is 1. The van der Waals surface area contributed by atoms with E-state index in [4.69, 9.17) is 0 Å². The molecule has 0 aliphatic carbocycles. The Bertz CT molecular complexity index is 618. The maximum absolute atomic E-state index is 11.6. The van der Waals surface area contributed by atoms with Gasteiger partial charge < -0.3 is 0 Å². The Morgan fingerprint density at radius 2 is 1.72 bits per heavy atom. The van der Waals surface area contributed by atoms with E-state index in [9.17, 15) is 8.42 Å². The molecule has 0 saturated carbocycles. The molecule has 1 aromatic rings. The van der Waals surface area contributed by atoms with Crippen molar-refractivity contribution >= 4 is 17.9 Å². The van der Waals surface area contributed by atoms with Crippen LogP contribution in [0.3, 0.4) is 0 Å². The van der Waals surface area contributed by atoms with E-state index in [-0.39, 0.29) is 5.75 Å². The SMILES string of the molecule is C[Si](C)(C)C#CCS(=O)(=O)C#Cc1ccccc1. The normalized spacial score (nSPS) is 10.8. The Hall–Kier alpha value is -1.49. The first-order chi connectivity index (χ1) is 8.29. The number of sulfone groups is 1. The first-order valence-corrected chi connectivity index (χ1v) is 10.7. The maximum Gasteiger partial charge on any atom is 0.228 e. The topological polar surface area (TPSA) is 34.1 Å². The second-order valence-electron chi connectivity index (χ2n) is 4.90. The minimum atomic E-state index is -3.41. The molecule has 0 aromatic heterocycles. The van der Waals surface area contributed by atoms with Gasteiger partial charge in [-0.2, -0.15) is 0 Å². The second-order valence-corrected chi connectivity index (χ2v) is 11.4. The van der Waals surface area contributed by atoms with Gasteiger partial charge in [0.25, 0.3) is 0 Å². The van der Waals surface area contributed by atoms with E-state index in [2.05, 4.69) is 42.3 Å². The van der Waals surface area contributed by atoms with E-state index in [0.717, 1.165) is 0 Å². The van der Waals surface area contributed by atoms with E-state index in [1.807, 2.05) is 18.2 Å². The molecule has 1 aromatic carbocycles. The molecule has 18 heavy (non-hydrogen) atoms. The summed E-state index contributed by atoms with van der Waals surface area (Å²) in [6.45, 7) is 6.22. The fourth-order valence-electron chi connectivity index (χ4n) is 1.09. The van der Waals surface area contributed by atoms with Crippen molar-refractivity contribution in [3.05, 3.63) is 35.9 Å². The van der Waals surface area contributed by atoms with Crippen LogP contribution in [0.2, 0.25) is 19.6 Å². The molecule has 0 aliphatic heterocycles. The number of benzene rings is 1. The Morgan fingerprint density at radius 1 is 1.11 bits per heavy atom. The smallest absolute Gasteiger partial charge is 0.214 e. The fourth-order valence-corrected chi connectivity index (χ4v) is 2.45. The van der Waals surface area contributed by atoms with Crippen LogP contribution in [-0.4, -0.2) is 22.2 Å². The van der Waals surface area contributed by atoms with Crippen molar-refractivity contribution in [1.82, 2.24) is 0 Å². The molecule has 0 saturated heterocycles. The first-order valence-electron chi connectivity index (χ1n) is 5.59. The molecular formula is C14H16O2SSi. The molecular weight excluding hydrogens is 260 g/mol. The molecule has 0 unspecified atom stereocenters. The largest absolute Gasteiger partial charge is 0.228 e. The van der Waals surface area contributed by atoms with Crippen LogP contribution in [0.15, 0.2) is 30.3 Å². The van der Waals surface area contributed by atoms with Gasteiger partial charge in [-0.05, 0) is 18.1 Å². The molecule has 0 aliphatic rings. The molecule has 0 fully saturated rings. The van der Waals surface area contributed by atoms with Crippen LogP contribution in [0, 0.1) is 22.6 Å². The predicted octanol–water partition coefficient (Wildman–Crippen LogP) is 2.29. The van der Waals surface area contributed by atoms with Crippen LogP contribution in [0.5, 0.6) is 0 Å². The molecule has 2 nitrogen and oxygen atoms in total. The van der Waals surface area contributed by atoms with Gasteiger partial charge in [0.1, 0.15) is 13.8 Å². The molecule has 94 valence electrons. The zero-order valence-corrected chi connectivity index (χ0v) is 12.6. The highest BCUT2D eigenvalue weighted by Gasteiger charge is 2.08. The van der Waals surface area contributed by atoms with Crippen LogP contribution in [0.4, 0.5) is 0 Å². The van der Waals surface area contributed by atoms with Crippen molar-refractivity contribution in [2.24, 2.45) is 0 Å². The van der Waals surface area contributed by atoms with Gasteiger partial charge in [-0.1, -0.05) is 43.8 Å². The van der Waals surface area contributed by atoms with Crippen LogP contribution in [0.1, 0.15) is 5.56 Å². The highest BCUT2D eigenvalue weighted by molar-refractivity contribution is 7.96. The summed E-state index contributed by atoms with van der Waals surface area (Å²) < 4.78 is 23.3. The third-order valence-electron chi connectivity index (χ3n) is 1.85. The predicted molar refractivity (Wildman–Crippen MR) is 78.2 cm³/mol. The number of hydrogen-bond donors (Lipinski definition) is 0. The molecule has 4 heteroatoms. The van der Waals surface area contributed by atoms with Gasteiger partial charge in [-0.3, -0.25) is 0 Å². The van der Waals surface area contributed by atoms with Crippen LogP contribution < -0.4 is 0 Å². The lowest BCUT2D eigenvalue weighted by molar-refractivity contribution is 0.609. The van der Waals surface area contributed by atoms with Crippen molar-refractivity contribution < 1.29 is 8.42 Å². The lowest BCUT2D eigenvalue weighted by atomic mass is 10.2. The Balaban J connectivity index is 2.78. The molecule has 0 heterocycles. The van der Waals surface area contributed by atoms with E-state index >= 15 is 0 Å². The highest BCUT2D eigenvalue weighted by atomic mass is 32.2. The number of hydrogen-bond acceptors (Lipinski definition) is 2. The van der Waals surface area contributed by atoms with Crippen molar-refractivity contribution in [2.75, 3.05) is 5.75 Å². The van der Waals surface area contributed by atoms with E-state index < -0.39 is 17.9 Å². The quantitative estimate of drug-likeness (QED) is 0.582. The summed E-state index contributed by atoms with van der Waals surface area (Å²) in [5.41, 5.74) is 3.71. The molecule has 0 N–H and O–H groups in total. The lowest BCUT2D eigenvalue weighted by Crippen LogP contribution is -2.17. The molecule has 0 radical (unpaired) electrons. The van der Waals surface area contributed by atoms with Crippen LogP contribution >= 0.6 is 0 Å². The summed E-state index contributed by atoms with van der Waals surface area (Å²) in [6.07, 6.45) is 0. The zero-order chi connectivity index (χ0) is 13.6. The Kier molecular flexibility index (Phi) is 4.78. The molecule has 0 atom stereocenters. The monoisotopic (exact) mass is 276 g/mol. The third-order valence-corrected chi connectivity index (χ3v) is 3.71. The summed E-state index contributed by atoms with van der Waals surface area (Å²) >= 11 is 0. The average Bonchev–Trinajstić information content (AvgIpc) is 2.26. The minimum absolute atomic E-state index is 0.183. The van der Waals surface area contributed by atoms with E-state index in [1.165, 1.54) is 0 Å². The average molecular weight is 276 g/mol. The van der Waals surface area contributed by atoms with Gasteiger partial charge in [0, 0.05) is 10.8 Å². The first kappa shape index (κ1) is 14.6. The molecule has 0 bridgehead atoms. The van der Waals surface area contributed by atoms with Gasteiger partial charge in [-0.25, -0.2) is 8.42 Å². The van der Waals surface area contributed by atoms with Gasteiger partial charge in [0.05, 0.1) is 0 Å². The molecule has 1 rings (SSSR count). The Morgan fingerprint density at radius 3 is 2.28 bits per heavy atom. The standard InChI is InChI=1S/C14H16O2SSi/c1-18(2,3)13-7-11-17(15,16)12-10-14-8-5-4-6-9-14/h4-6,8-9H,11H2,1-3H3. The highest BCUT2D eigenvalue weighted by Crippen LogP contribution is 1.98. The lowest BCUT2D eigenvalue weighted by Gasteiger charge is -2.02. The third kappa shape index (κ3) is 6.29. The molecule has 0 amide bonds. The van der Waals surface area contributed by atoms with Gasteiger partial charge in [0.2, 0.25) is 9.84 Å². The fraction of sp³-hybridized carbons (Fsp3) is 0.286. The summed E-state index contributed by atoms with van der Waals surface area (Å²) in [7, 11) is -4.93. The van der Waals surface area contributed by atoms with Crippen molar-refractivity contribution in [3.8, 4) is 22.6 Å². The Labute approximate surface area is 110 Å². The maximum atomic E-state index is 11.6. The van der Waals surface area contributed by atoms with Crippen molar-refractivity contribution in [3.63, 3.8) is 0 Å². The summed E-state index contributed by atoms with van der Waals surface area (Å²) in [6, 6.07) is 9.05. The summed E-state index contributed by atoms with van der Waals surface area (Å²) in [4.78, 5) is 0. The second kappa shape index (κ2) is 5.91. The summed E-state index contributed by atoms with van der Waals surface area (Å²) in [5, 5.41) is 2.30. The van der Waals surface area contributed by atoms with E-state index in [0.29, 0.717) is 5.56 Å². The van der Waals surface area contributed by atoms with Crippen LogP contribution in [-0.2, 0) is 9.84 Å². The van der Waals surface area contributed by atoms with Gasteiger partial charge in [0.15, 0.2) is 0 Å². The minimum Gasteiger partial charge on any atom is -0.214 e. The molecule has 0 spiro atoms. The van der Waals surface area contributed by atoms with Gasteiger partial charge >= 0.3 is 0 Å². The van der Waals surface area contributed by atoms with Crippen molar-refractivity contribution in [2.45, 2.75) is 19.6 Å². The van der Waals surface area contributed by atoms with E-state index in [1.54, 1.807) is 12.1 Å². The van der Waals surface area contributed by atoms with Crippen molar-refractivity contribution in [1.29, 1.82) is 0 Å². The zero-order valence-electron chi connectivity index (χ0n) is 10.8. The van der Waals surface area contributed by atoms with Gasteiger partial charge in [-0.15, -0.1) is 5.54 Å².